The van der Waals surface area contributed by atoms with Crippen molar-refractivity contribution >= 4 is 47.3 Å². The van der Waals surface area contributed by atoms with E-state index >= 15 is 0 Å². The molecule has 2 aromatic heterocycles. The lowest BCUT2D eigenvalue weighted by Gasteiger charge is -2.11. The van der Waals surface area contributed by atoms with E-state index in [9.17, 15) is 0 Å². The van der Waals surface area contributed by atoms with Crippen molar-refractivity contribution in [3.8, 4) is 0 Å². The van der Waals surface area contributed by atoms with Crippen molar-refractivity contribution in [1.82, 2.24) is 25.2 Å². The number of pyridine rings is 1. The first-order valence-corrected chi connectivity index (χ1v) is 9.84. The number of aliphatic imine (C=N–C) groups is 1. The summed E-state index contributed by atoms with van der Waals surface area (Å²) in [6.07, 6.45) is 3.03. The van der Waals surface area contributed by atoms with Crippen LogP contribution in [0.2, 0.25) is 0 Å². The normalized spacial score (nSPS) is 11.2. The Balaban J connectivity index is 0.00000261. The summed E-state index contributed by atoms with van der Waals surface area (Å²) < 4.78 is 1.96. The topological polar surface area (TPSA) is 66.6 Å². The van der Waals surface area contributed by atoms with E-state index in [2.05, 4.69) is 57.0 Å². The van der Waals surface area contributed by atoms with Gasteiger partial charge in [-0.15, -0.1) is 45.9 Å². The molecule has 3 aromatic rings. The summed E-state index contributed by atoms with van der Waals surface area (Å²) in [5, 5.41) is 15.0. The van der Waals surface area contributed by atoms with E-state index < -0.39 is 0 Å². The highest BCUT2D eigenvalue weighted by Gasteiger charge is 2.04. The number of hydrogen-bond donors (Lipinski definition) is 2. The van der Waals surface area contributed by atoms with Crippen molar-refractivity contribution < 1.29 is 0 Å². The summed E-state index contributed by atoms with van der Waals surface area (Å²) in [5.74, 6) is 2.72. The van der Waals surface area contributed by atoms with Gasteiger partial charge in [-0.05, 0) is 43.4 Å². The fraction of sp³-hybridized carbons (Fsp3) is 0.316. The van der Waals surface area contributed by atoms with Crippen molar-refractivity contribution in [1.29, 1.82) is 0 Å². The predicted molar refractivity (Wildman–Crippen MR) is 123 cm³/mol. The Bertz CT molecular complexity index is 836. The van der Waals surface area contributed by atoms with Crippen LogP contribution in [0, 0.1) is 0 Å². The van der Waals surface area contributed by atoms with Gasteiger partial charge in [-0.1, -0.05) is 24.3 Å². The maximum atomic E-state index is 4.63. The number of thioether (sulfide) groups is 1. The molecule has 0 aliphatic carbocycles. The number of halogens is 1. The van der Waals surface area contributed by atoms with Crippen molar-refractivity contribution in [2.75, 3.05) is 18.8 Å². The highest BCUT2D eigenvalue weighted by atomic mass is 127. The van der Waals surface area contributed by atoms with Gasteiger partial charge in [0.1, 0.15) is 6.54 Å². The van der Waals surface area contributed by atoms with Crippen LogP contribution in [0.3, 0.4) is 0 Å². The molecule has 0 saturated heterocycles. The number of rotatable bonds is 8. The van der Waals surface area contributed by atoms with Crippen LogP contribution >= 0.6 is 35.7 Å². The van der Waals surface area contributed by atoms with E-state index in [0.717, 1.165) is 42.7 Å². The van der Waals surface area contributed by atoms with E-state index in [1.807, 2.05) is 46.6 Å². The van der Waals surface area contributed by atoms with E-state index in [-0.39, 0.29) is 24.0 Å². The molecule has 2 N–H and O–H groups in total. The highest BCUT2D eigenvalue weighted by molar-refractivity contribution is 14.0. The van der Waals surface area contributed by atoms with Gasteiger partial charge in [0.15, 0.2) is 17.4 Å². The van der Waals surface area contributed by atoms with Gasteiger partial charge < -0.3 is 10.6 Å². The van der Waals surface area contributed by atoms with Gasteiger partial charge in [0.2, 0.25) is 0 Å². The van der Waals surface area contributed by atoms with E-state index in [0.29, 0.717) is 6.54 Å². The Morgan fingerprint density at radius 3 is 2.70 bits per heavy atom. The zero-order chi connectivity index (χ0) is 18.0. The Morgan fingerprint density at radius 1 is 1.07 bits per heavy atom. The summed E-state index contributed by atoms with van der Waals surface area (Å²) in [5.41, 5.74) is 0.841. The zero-order valence-corrected chi connectivity index (χ0v) is 18.5. The van der Waals surface area contributed by atoms with Crippen molar-refractivity contribution in [2.45, 2.75) is 24.8 Å². The van der Waals surface area contributed by atoms with Gasteiger partial charge >= 0.3 is 0 Å². The summed E-state index contributed by atoms with van der Waals surface area (Å²) >= 11 is 1.88. The second-order valence-electron chi connectivity index (χ2n) is 5.68. The molecule has 0 aliphatic heterocycles. The van der Waals surface area contributed by atoms with Crippen molar-refractivity contribution in [3.05, 3.63) is 60.6 Å². The molecule has 0 atom stereocenters. The number of benzene rings is 1. The quantitative estimate of drug-likeness (QED) is 0.164. The maximum Gasteiger partial charge on any atom is 0.191 e. The molecule has 1 aromatic carbocycles. The van der Waals surface area contributed by atoms with Crippen LogP contribution in [0.15, 0.2) is 64.6 Å². The number of nitrogens with one attached hydrogen (secondary N) is 2. The molecule has 0 aliphatic rings. The van der Waals surface area contributed by atoms with Crippen molar-refractivity contribution in [2.24, 2.45) is 4.99 Å². The lowest BCUT2D eigenvalue weighted by Crippen LogP contribution is -2.37. The smallest absolute Gasteiger partial charge is 0.191 e. The molecule has 27 heavy (non-hydrogen) atoms. The summed E-state index contributed by atoms with van der Waals surface area (Å²) in [6.45, 7) is 4.26. The summed E-state index contributed by atoms with van der Waals surface area (Å²) in [6, 6.07) is 16.3. The second kappa shape index (κ2) is 11.8. The minimum Gasteiger partial charge on any atom is -0.357 e. The lowest BCUT2D eigenvalue weighted by molar-refractivity contribution is 0.779. The van der Waals surface area contributed by atoms with Gasteiger partial charge in [-0.2, -0.15) is 0 Å². The number of guanidine groups is 1. The van der Waals surface area contributed by atoms with Crippen LogP contribution in [0.4, 0.5) is 0 Å². The third kappa shape index (κ3) is 6.69. The number of fused-ring (bicyclic) bond motifs is 1. The minimum atomic E-state index is 0. The molecule has 144 valence electrons. The molecular formula is C19H25IN6S. The van der Waals surface area contributed by atoms with Gasteiger partial charge in [0.05, 0.1) is 0 Å². The molecule has 0 bridgehead atoms. The number of hydrogen-bond acceptors (Lipinski definition) is 4. The predicted octanol–water partition coefficient (Wildman–Crippen LogP) is 3.58. The van der Waals surface area contributed by atoms with Crippen LogP contribution in [0.5, 0.6) is 0 Å². The van der Waals surface area contributed by atoms with E-state index in [1.54, 1.807) is 0 Å². The molecule has 0 saturated carbocycles. The third-order valence-corrected chi connectivity index (χ3v) is 4.83. The van der Waals surface area contributed by atoms with Crippen molar-refractivity contribution in [3.63, 3.8) is 0 Å². The molecule has 0 unspecified atom stereocenters. The van der Waals surface area contributed by atoms with Crippen LogP contribution in [0.25, 0.3) is 5.65 Å². The summed E-state index contributed by atoms with van der Waals surface area (Å²) in [4.78, 5) is 5.94. The molecular weight excluding hydrogens is 471 g/mol. The molecule has 0 fully saturated rings. The van der Waals surface area contributed by atoms with Crippen LogP contribution in [-0.2, 0) is 6.54 Å². The van der Waals surface area contributed by atoms with Gasteiger partial charge in [0.25, 0.3) is 0 Å². The standard InChI is InChI=1S/C19H24N6S.HI/c1-2-20-19(21-12-8-14-26-16-9-4-3-5-10-16)22-15-18-24-23-17-11-6-7-13-25(17)18;/h3-7,9-11,13H,2,8,12,14-15H2,1H3,(H2,20,21,22);1H. The third-order valence-electron chi connectivity index (χ3n) is 3.73. The molecule has 2 heterocycles. The van der Waals surface area contributed by atoms with E-state index in [4.69, 9.17) is 0 Å². The molecule has 8 heteroatoms. The van der Waals surface area contributed by atoms with Gasteiger partial charge in [-0.25, -0.2) is 4.99 Å². The monoisotopic (exact) mass is 496 g/mol. The Morgan fingerprint density at radius 2 is 1.89 bits per heavy atom. The highest BCUT2D eigenvalue weighted by Crippen LogP contribution is 2.17. The minimum absolute atomic E-state index is 0. The van der Waals surface area contributed by atoms with Crippen LogP contribution < -0.4 is 10.6 Å². The first-order valence-electron chi connectivity index (χ1n) is 8.85. The molecule has 3 rings (SSSR count). The first-order chi connectivity index (χ1) is 12.9. The molecule has 0 radical (unpaired) electrons. The maximum absolute atomic E-state index is 4.63. The summed E-state index contributed by atoms with van der Waals surface area (Å²) in [7, 11) is 0. The first kappa shape index (κ1) is 21.5. The Labute approximate surface area is 181 Å². The van der Waals surface area contributed by atoms with Gasteiger partial charge in [0, 0.05) is 24.2 Å². The average molecular weight is 496 g/mol. The molecule has 0 amide bonds. The fourth-order valence-electron chi connectivity index (χ4n) is 2.48. The molecule has 0 spiro atoms. The fourth-order valence-corrected chi connectivity index (χ4v) is 3.35. The van der Waals surface area contributed by atoms with E-state index in [1.165, 1.54) is 4.90 Å². The second-order valence-corrected chi connectivity index (χ2v) is 6.85. The SMILES string of the molecule is CCNC(=NCc1nnc2ccccn12)NCCCSc1ccccc1.I. The number of aromatic nitrogens is 3. The molecule has 6 nitrogen and oxygen atoms in total. The Kier molecular flexibility index (Phi) is 9.40. The van der Waals surface area contributed by atoms with Crippen LogP contribution in [0.1, 0.15) is 19.2 Å². The van der Waals surface area contributed by atoms with Crippen LogP contribution in [-0.4, -0.2) is 39.4 Å². The zero-order valence-electron chi connectivity index (χ0n) is 15.3. The Hall–Kier alpha value is -1.81. The largest absolute Gasteiger partial charge is 0.357 e. The van der Waals surface area contributed by atoms with Gasteiger partial charge in [-0.3, -0.25) is 4.40 Å². The lowest BCUT2D eigenvalue weighted by atomic mass is 10.4. The average Bonchev–Trinajstić information content (AvgIpc) is 3.10. The number of nitrogens with zero attached hydrogens (tertiary/aromatic N) is 4.